The summed E-state index contributed by atoms with van der Waals surface area (Å²) in [6, 6.07) is 0. The molecule has 0 amide bonds. The van der Waals surface area contributed by atoms with Gasteiger partial charge < -0.3 is 0 Å². The van der Waals surface area contributed by atoms with E-state index in [-0.39, 0.29) is 0 Å². The third-order valence-electron chi connectivity index (χ3n) is 2.21. The molecule has 1 aliphatic carbocycles. The summed E-state index contributed by atoms with van der Waals surface area (Å²) in [5, 5.41) is 0. The second kappa shape index (κ2) is 9.09. The van der Waals surface area contributed by atoms with E-state index < -0.39 is 0 Å². The van der Waals surface area contributed by atoms with Crippen LogP contribution in [0.15, 0.2) is 0 Å². The fourth-order valence-corrected chi connectivity index (χ4v) is 1.51. The molecule has 1 aliphatic rings. The van der Waals surface area contributed by atoms with Gasteiger partial charge in [-0.15, -0.1) is 0 Å². The third kappa shape index (κ3) is 8.10. The van der Waals surface area contributed by atoms with Crippen molar-refractivity contribution < 1.29 is 0 Å². The van der Waals surface area contributed by atoms with Crippen LogP contribution in [0, 0.1) is 5.41 Å². The van der Waals surface area contributed by atoms with Gasteiger partial charge in [0.15, 0.2) is 0 Å². The van der Waals surface area contributed by atoms with Crippen LogP contribution in [0.3, 0.4) is 0 Å². The molecule has 0 aliphatic heterocycles. The summed E-state index contributed by atoms with van der Waals surface area (Å²) in [7, 11) is 0. The van der Waals surface area contributed by atoms with Crippen LogP contribution < -0.4 is 0 Å². The van der Waals surface area contributed by atoms with Crippen molar-refractivity contribution in [3.63, 3.8) is 0 Å². The Kier molecular flexibility index (Phi) is 11.0. The first kappa shape index (κ1) is 14.5. The normalized spacial score (nSPS) is 19.5. The van der Waals surface area contributed by atoms with Crippen molar-refractivity contribution in [2.75, 3.05) is 0 Å². The molecule has 1 fully saturated rings. The van der Waals surface area contributed by atoms with Crippen LogP contribution in [0.4, 0.5) is 0 Å². The molecule has 0 nitrogen and oxygen atoms in total. The van der Waals surface area contributed by atoms with Crippen molar-refractivity contribution in [1.29, 1.82) is 0 Å². The summed E-state index contributed by atoms with van der Waals surface area (Å²) in [4.78, 5) is 0. The standard InChI is InChI=1S/C8H16.2C2H6/c1-8(2)6-4-3-5-7-8;2*1-2/h3-7H2,1-2H3;2*1-2H3. The zero-order valence-electron chi connectivity index (χ0n) is 10.0. The second-order valence-electron chi connectivity index (χ2n) is 3.72. The Morgan fingerprint density at radius 1 is 0.667 bits per heavy atom. The van der Waals surface area contributed by atoms with E-state index in [1.165, 1.54) is 32.1 Å². The van der Waals surface area contributed by atoms with Crippen molar-refractivity contribution in [1.82, 2.24) is 0 Å². The van der Waals surface area contributed by atoms with Crippen LogP contribution in [-0.4, -0.2) is 0 Å². The van der Waals surface area contributed by atoms with E-state index in [2.05, 4.69) is 13.8 Å². The Morgan fingerprint density at radius 3 is 1.17 bits per heavy atom. The molecular weight excluding hydrogens is 144 g/mol. The number of hydrogen-bond donors (Lipinski definition) is 0. The van der Waals surface area contributed by atoms with Gasteiger partial charge in [-0.1, -0.05) is 60.8 Å². The molecule has 0 saturated heterocycles. The molecule has 0 unspecified atom stereocenters. The van der Waals surface area contributed by atoms with Crippen molar-refractivity contribution in [3.8, 4) is 0 Å². The lowest BCUT2D eigenvalue weighted by Crippen LogP contribution is -2.14. The molecule has 0 radical (unpaired) electrons. The first-order valence-corrected chi connectivity index (χ1v) is 5.71. The molecule has 0 aromatic carbocycles. The first-order chi connectivity index (χ1) is 5.71. The lowest BCUT2D eigenvalue weighted by atomic mass is 9.78. The molecule has 0 atom stereocenters. The molecule has 0 aromatic rings. The Balaban J connectivity index is 0. The van der Waals surface area contributed by atoms with Gasteiger partial charge in [0.2, 0.25) is 0 Å². The quantitative estimate of drug-likeness (QED) is 0.481. The maximum atomic E-state index is 2.38. The van der Waals surface area contributed by atoms with Gasteiger partial charge >= 0.3 is 0 Å². The Hall–Kier alpha value is 0. The second-order valence-corrected chi connectivity index (χ2v) is 3.72. The third-order valence-corrected chi connectivity index (χ3v) is 2.21. The fraction of sp³-hybridized carbons (Fsp3) is 1.00. The molecular formula is C12H28. The van der Waals surface area contributed by atoms with Gasteiger partial charge in [0.1, 0.15) is 0 Å². The predicted octanol–water partition coefficient (Wildman–Crippen LogP) is 5.03. The fourth-order valence-electron chi connectivity index (χ4n) is 1.51. The molecule has 0 N–H and O–H groups in total. The molecule has 1 saturated carbocycles. The van der Waals surface area contributed by atoms with E-state index in [1.54, 1.807) is 0 Å². The maximum Gasteiger partial charge on any atom is -0.0354 e. The van der Waals surface area contributed by atoms with Gasteiger partial charge in [-0.05, 0) is 18.3 Å². The van der Waals surface area contributed by atoms with Gasteiger partial charge in [-0.25, -0.2) is 0 Å². The average Bonchev–Trinajstić information content (AvgIpc) is 2.11. The van der Waals surface area contributed by atoms with Crippen LogP contribution in [0.1, 0.15) is 73.6 Å². The monoisotopic (exact) mass is 172 g/mol. The highest BCUT2D eigenvalue weighted by Crippen LogP contribution is 2.34. The van der Waals surface area contributed by atoms with E-state index in [1.807, 2.05) is 27.7 Å². The molecule has 1 rings (SSSR count). The van der Waals surface area contributed by atoms with Crippen molar-refractivity contribution >= 4 is 0 Å². The maximum absolute atomic E-state index is 2.38. The van der Waals surface area contributed by atoms with Gasteiger partial charge in [0.05, 0.1) is 0 Å². The molecule has 0 spiro atoms. The Labute approximate surface area is 79.8 Å². The topological polar surface area (TPSA) is 0 Å². The van der Waals surface area contributed by atoms with Gasteiger partial charge in [-0.2, -0.15) is 0 Å². The van der Waals surface area contributed by atoms with E-state index in [0.717, 1.165) is 0 Å². The van der Waals surface area contributed by atoms with Gasteiger partial charge in [0, 0.05) is 0 Å². The lowest BCUT2D eigenvalue weighted by molar-refractivity contribution is 0.244. The average molecular weight is 172 g/mol. The summed E-state index contributed by atoms with van der Waals surface area (Å²) in [6.07, 6.45) is 7.31. The number of hydrogen-bond acceptors (Lipinski definition) is 0. The highest BCUT2D eigenvalue weighted by Gasteiger charge is 2.19. The summed E-state index contributed by atoms with van der Waals surface area (Å²) < 4.78 is 0. The minimum atomic E-state index is 0.679. The largest absolute Gasteiger partial charge is 0.0683 e. The van der Waals surface area contributed by atoms with Crippen LogP contribution >= 0.6 is 0 Å². The zero-order chi connectivity index (χ0) is 10.0. The van der Waals surface area contributed by atoms with Crippen LogP contribution in [0.5, 0.6) is 0 Å². The SMILES string of the molecule is CC.CC.CC1(C)CCCCC1. The highest BCUT2D eigenvalue weighted by molar-refractivity contribution is 4.72. The molecule has 0 bridgehead atoms. The van der Waals surface area contributed by atoms with E-state index >= 15 is 0 Å². The van der Waals surface area contributed by atoms with Crippen LogP contribution in [-0.2, 0) is 0 Å². The van der Waals surface area contributed by atoms with Crippen LogP contribution in [0.25, 0.3) is 0 Å². The molecule has 76 valence electrons. The summed E-state index contributed by atoms with van der Waals surface area (Å²) in [6.45, 7) is 12.8. The molecule has 0 aromatic heterocycles. The van der Waals surface area contributed by atoms with E-state index in [0.29, 0.717) is 5.41 Å². The summed E-state index contributed by atoms with van der Waals surface area (Å²) in [5.41, 5.74) is 0.679. The number of rotatable bonds is 0. The van der Waals surface area contributed by atoms with Crippen molar-refractivity contribution in [3.05, 3.63) is 0 Å². The van der Waals surface area contributed by atoms with Crippen molar-refractivity contribution in [2.24, 2.45) is 5.41 Å². The van der Waals surface area contributed by atoms with Crippen LogP contribution in [0.2, 0.25) is 0 Å². The van der Waals surface area contributed by atoms with E-state index in [9.17, 15) is 0 Å². The molecule has 0 heteroatoms. The Bertz CT molecular complexity index is 64.1. The summed E-state index contributed by atoms with van der Waals surface area (Å²) in [5.74, 6) is 0. The zero-order valence-corrected chi connectivity index (χ0v) is 10.0. The van der Waals surface area contributed by atoms with Crippen molar-refractivity contribution in [2.45, 2.75) is 73.6 Å². The Morgan fingerprint density at radius 2 is 1.00 bits per heavy atom. The van der Waals surface area contributed by atoms with Gasteiger partial charge in [-0.3, -0.25) is 0 Å². The van der Waals surface area contributed by atoms with Gasteiger partial charge in [0.25, 0.3) is 0 Å². The predicted molar refractivity (Wildman–Crippen MR) is 59.6 cm³/mol. The van der Waals surface area contributed by atoms with E-state index in [4.69, 9.17) is 0 Å². The minimum Gasteiger partial charge on any atom is -0.0683 e. The minimum absolute atomic E-state index is 0.679. The summed E-state index contributed by atoms with van der Waals surface area (Å²) >= 11 is 0. The smallest absolute Gasteiger partial charge is 0.0354 e. The lowest BCUT2D eigenvalue weighted by Gasteiger charge is -2.28. The molecule has 12 heavy (non-hydrogen) atoms. The first-order valence-electron chi connectivity index (χ1n) is 5.71. The highest BCUT2D eigenvalue weighted by atomic mass is 14.3. The molecule has 0 heterocycles.